The van der Waals surface area contributed by atoms with Gasteiger partial charge in [-0.05, 0) is 71.6 Å². The zero-order chi connectivity index (χ0) is 29.6. The van der Waals surface area contributed by atoms with E-state index in [2.05, 4.69) is 0 Å². The number of hydrogen-bond acceptors (Lipinski definition) is 3. The highest BCUT2D eigenvalue weighted by Gasteiger charge is 2.54. The molecule has 43 heavy (non-hydrogen) atoms. The lowest BCUT2D eigenvalue weighted by atomic mass is 9.69. The van der Waals surface area contributed by atoms with Crippen molar-refractivity contribution in [2.45, 2.75) is 12.3 Å². The second-order valence-corrected chi connectivity index (χ2v) is 10.9. The summed E-state index contributed by atoms with van der Waals surface area (Å²) in [5.41, 5.74) is 6.65. The maximum atomic E-state index is 15.2. The number of para-hydroxylation sites is 1. The minimum Gasteiger partial charge on any atom is -0.507 e. The number of amides is 1. The number of nitrogens with zero attached hydrogens (tertiary/aromatic N) is 1. The second kappa shape index (κ2) is 10.3. The van der Waals surface area contributed by atoms with Crippen molar-refractivity contribution < 1.29 is 15.0 Å². The standard InChI is InChI=1S/C39H29NO3/c1-26-16-20-31(21-17-26)40-35-15-9-8-14-34(35)39(38(40)43,29-18-22-36(41)32(24-29)27-10-4-2-5-11-27)30-19-23-37(42)33(25-30)28-12-6-3-7-13-28/h2-25,41-42H,1H3. The lowest BCUT2D eigenvalue weighted by Gasteiger charge is -2.31. The van der Waals surface area contributed by atoms with Gasteiger partial charge in [-0.2, -0.15) is 0 Å². The summed E-state index contributed by atoms with van der Waals surface area (Å²) in [4.78, 5) is 17.0. The van der Waals surface area contributed by atoms with Crippen LogP contribution in [-0.2, 0) is 10.2 Å². The van der Waals surface area contributed by atoms with E-state index in [1.165, 1.54) is 0 Å². The third-order valence-electron chi connectivity index (χ3n) is 8.39. The number of hydrogen-bond donors (Lipinski definition) is 2. The topological polar surface area (TPSA) is 60.8 Å². The fourth-order valence-electron chi connectivity index (χ4n) is 6.29. The lowest BCUT2D eigenvalue weighted by Crippen LogP contribution is -2.40. The predicted molar refractivity (Wildman–Crippen MR) is 172 cm³/mol. The fraction of sp³-hybridized carbons (Fsp3) is 0.0513. The van der Waals surface area contributed by atoms with Crippen molar-refractivity contribution in [3.8, 4) is 33.8 Å². The van der Waals surface area contributed by atoms with Gasteiger partial charge in [-0.1, -0.05) is 109 Å². The summed E-state index contributed by atoms with van der Waals surface area (Å²) >= 11 is 0. The lowest BCUT2D eigenvalue weighted by molar-refractivity contribution is -0.120. The Kier molecular flexibility index (Phi) is 6.32. The zero-order valence-electron chi connectivity index (χ0n) is 23.6. The molecule has 1 amide bonds. The highest BCUT2D eigenvalue weighted by molar-refractivity contribution is 6.17. The first-order valence-corrected chi connectivity index (χ1v) is 14.3. The number of benzene rings is 6. The number of phenols is 2. The molecule has 1 aliphatic rings. The van der Waals surface area contributed by atoms with Crippen molar-refractivity contribution in [2.75, 3.05) is 4.90 Å². The molecular formula is C39H29NO3. The zero-order valence-corrected chi connectivity index (χ0v) is 23.6. The Morgan fingerprint density at radius 3 is 1.58 bits per heavy atom. The van der Waals surface area contributed by atoms with Crippen molar-refractivity contribution in [3.05, 3.63) is 168 Å². The summed E-state index contributed by atoms with van der Waals surface area (Å²) in [5.74, 6) is 0.136. The summed E-state index contributed by atoms with van der Waals surface area (Å²) in [6, 6.07) is 46.1. The summed E-state index contributed by atoms with van der Waals surface area (Å²) < 4.78 is 0. The molecule has 6 aromatic carbocycles. The fourth-order valence-corrected chi connectivity index (χ4v) is 6.29. The average molecular weight is 560 g/mol. The Morgan fingerprint density at radius 1 is 0.558 bits per heavy atom. The van der Waals surface area contributed by atoms with Gasteiger partial charge < -0.3 is 10.2 Å². The van der Waals surface area contributed by atoms with Gasteiger partial charge in [0.2, 0.25) is 0 Å². The van der Waals surface area contributed by atoms with Gasteiger partial charge in [0.1, 0.15) is 16.9 Å². The number of anilines is 2. The minimum atomic E-state index is -1.27. The average Bonchev–Trinajstić information content (AvgIpc) is 3.31. The first kappa shape index (κ1) is 26.3. The Labute approximate surface area is 250 Å². The molecule has 0 bridgehead atoms. The van der Waals surface area contributed by atoms with E-state index in [0.717, 1.165) is 44.8 Å². The number of phenolic OH excluding ortho intramolecular Hbond substituents is 2. The molecule has 0 aromatic heterocycles. The molecule has 0 saturated carbocycles. The van der Waals surface area contributed by atoms with Crippen molar-refractivity contribution in [2.24, 2.45) is 0 Å². The molecule has 2 N–H and O–H groups in total. The van der Waals surface area contributed by atoms with Crippen LogP contribution in [0.1, 0.15) is 22.3 Å². The van der Waals surface area contributed by atoms with Crippen LogP contribution in [0.15, 0.2) is 146 Å². The third kappa shape index (κ3) is 4.19. The molecule has 208 valence electrons. The van der Waals surface area contributed by atoms with Crippen molar-refractivity contribution in [1.82, 2.24) is 0 Å². The molecule has 4 nitrogen and oxygen atoms in total. The second-order valence-electron chi connectivity index (χ2n) is 10.9. The number of carbonyl (C=O) groups is 1. The molecular weight excluding hydrogens is 530 g/mol. The summed E-state index contributed by atoms with van der Waals surface area (Å²) in [6.07, 6.45) is 0. The molecule has 6 aromatic rings. The highest BCUT2D eigenvalue weighted by Crippen LogP contribution is 2.54. The van der Waals surface area contributed by atoms with E-state index in [0.29, 0.717) is 11.1 Å². The van der Waals surface area contributed by atoms with Crippen LogP contribution in [0.25, 0.3) is 22.3 Å². The van der Waals surface area contributed by atoms with Crippen molar-refractivity contribution in [3.63, 3.8) is 0 Å². The monoisotopic (exact) mass is 559 g/mol. The highest BCUT2D eigenvalue weighted by atomic mass is 16.3. The molecule has 0 saturated heterocycles. The molecule has 7 rings (SSSR count). The van der Waals surface area contributed by atoms with E-state index in [4.69, 9.17) is 0 Å². The van der Waals surface area contributed by atoms with Crippen molar-refractivity contribution >= 4 is 17.3 Å². The van der Waals surface area contributed by atoms with E-state index in [1.54, 1.807) is 17.0 Å². The number of carbonyl (C=O) groups excluding carboxylic acids is 1. The maximum Gasteiger partial charge on any atom is 0.251 e. The van der Waals surface area contributed by atoms with Gasteiger partial charge in [0, 0.05) is 22.4 Å². The van der Waals surface area contributed by atoms with Crippen LogP contribution < -0.4 is 4.90 Å². The van der Waals surface area contributed by atoms with Crippen LogP contribution in [0.2, 0.25) is 0 Å². The molecule has 4 heteroatoms. The Balaban J connectivity index is 1.55. The summed E-state index contributed by atoms with van der Waals surface area (Å²) in [6.45, 7) is 2.02. The maximum absolute atomic E-state index is 15.2. The van der Waals surface area contributed by atoms with E-state index in [9.17, 15) is 10.2 Å². The van der Waals surface area contributed by atoms with E-state index >= 15 is 4.79 Å². The van der Waals surface area contributed by atoms with Crippen LogP contribution in [0.4, 0.5) is 11.4 Å². The summed E-state index contributed by atoms with van der Waals surface area (Å²) in [7, 11) is 0. The van der Waals surface area contributed by atoms with Crippen LogP contribution in [-0.4, -0.2) is 16.1 Å². The molecule has 0 spiro atoms. The summed E-state index contributed by atoms with van der Waals surface area (Å²) in [5, 5.41) is 22.0. The van der Waals surface area contributed by atoms with E-state index < -0.39 is 5.41 Å². The first-order valence-electron chi connectivity index (χ1n) is 14.3. The van der Waals surface area contributed by atoms with E-state index in [-0.39, 0.29) is 17.4 Å². The number of aryl methyl sites for hydroxylation is 1. The van der Waals surface area contributed by atoms with Gasteiger partial charge in [0.05, 0.1) is 5.69 Å². The first-order chi connectivity index (χ1) is 21.0. The molecule has 0 radical (unpaired) electrons. The number of aromatic hydroxyl groups is 2. The molecule has 0 aliphatic carbocycles. The minimum absolute atomic E-state index is 0.132. The molecule has 1 aliphatic heterocycles. The van der Waals surface area contributed by atoms with Gasteiger partial charge in [0.15, 0.2) is 0 Å². The normalized spacial score (nSPS) is 13.6. The van der Waals surface area contributed by atoms with Gasteiger partial charge in [0.25, 0.3) is 5.91 Å². The SMILES string of the molecule is Cc1ccc(N2C(=O)C(c3ccc(O)c(-c4ccccc4)c3)(c3ccc(O)c(-c4ccccc4)c3)c3ccccc32)cc1. The molecule has 1 heterocycles. The largest absolute Gasteiger partial charge is 0.507 e. The Morgan fingerprint density at radius 2 is 1.05 bits per heavy atom. The van der Waals surface area contributed by atoms with Gasteiger partial charge >= 0.3 is 0 Å². The molecule has 0 fully saturated rings. The molecule has 0 atom stereocenters. The van der Waals surface area contributed by atoms with Crippen LogP contribution >= 0.6 is 0 Å². The quantitative estimate of drug-likeness (QED) is 0.222. The number of rotatable bonds is 5. The van der Waals surface area contributed by atoms with Gasteiger partial charge in [-0.15, -0.1) is 0 Å². The third-order valence-corrected chi connectivity index (χ3v) is 8.39. The van der Waals surface area contributed by atoms with Crippen molar-refractivity contribution in [1.29, 1.82) is 0 Å². The van der Waals surface area contributed by atoms with Gasteiger partial charge in [-0.3, -0.25) is 9.69 Å². The van der Waals surface area contributed by atoms with Gasteiger partial charge in [-0.25, -0.2) is 0 Å². The predicted octanol–water partition coefficient (Wildman–Crippen LogP) is 8.75. The smallest absolute Gasteiger partial charge is 0.251 e. The van der Waals surface area contributed by atoms with E-state index in [1.807, 2.05) is 140 Å². The Hall–Kier alpha value is -5.61. The van der Waals surface area contributed by atoms with Crippen LogP contribution in [0, 0.1) is 6.92 Å². The van der Waals surface area contributed by atoms with Crippen LogP contribution in [0.5, 0.6) is 11.5 Å². The number of fused-ring (bicyclic) bond motifs is 1. The Bertz CT molecular complexity index is 1880. The van der Waals surface area contributed by atoms with Crippen LogP contribution in [0.3, 0.4) is 0 Å². The molecule has 0 unspecified atom stereocenters.